The van der Waals surface area contributed by atoms with E-state index in [1.165, 1.54) is 6.33 Å². The number of rotatable bonds is 5. The van der Waals surface area contributed by atoms with Gasteiger partial charge in [0.2, 0.25) is 5.78 Å². The highest BCUT2D eigenvalue weighted by Gasteiger charge is 2.26. The number of aromatic nitrogens is 3. The molecule has 0 bridgehead atoms. The van der Waals surface area contributed by atoms with Crippen LogP contribution in [0, 0.1) is 3.57 Å². The number of fused-ring (bicyclic) bond motifs is 1. The van der Waals surface area contributed by atoms with E-state index in [2.05, 4.69) is 37.5 Å². The number of carbonyl (C=O) groups excluding carboxylic acids is 1. The smallest absolute Gasteiger partial charge is 0.260 e. The van der Waals surface area contributed by atoms with Gasteiger partial charge in [0.1, 0.15) is 5.65 Å². The van der Waals surface area contributed by atoms with E-state index in [1.807, 2.05) is 6.07 Å². The quantitative estimate of drug-likeness (QED) is 0.321. The topological polar surface area (TPSA) is 97.1 Å². The summed E-state index contributed by atoms with van der Waals surface area (Å²) >= 11 is 2.13. The van der Waals surface area contributed by atoms with Crippen LogP contribution >= 0.6 is 22.6 Å². The fourth-order valence-corrected chi connectivity index (χ4v) is 4.22. The second-order valence-electron chi connectivity index (χ2n) is 6.19. The van der Waals surface area contributed by atoms with Crippen LogP contribution in [0.3, 0.4) is 0 Å². The summed E-state index contributed by atoms with van der Waals surface area (Å²) in [6.07, 6.45) is 1.31. The molecule has 2 aromatic heterocycles. The van der Waals surface area contributed by atoms with Crippen molar-refractivity contribution >= 4 is 39.4 Å². The first-order valence-corrected chi connectivity index (χ1v) is 9.74. The number of carbonyl (C=O) groups is 1. The van der Waals surface area contributed by atoms with Gasteiger partial charge in [-0.05, 0) is 34.7 Å². The molecule has 0 atom stereocenters. The molecule has 0 spiro atoms. The van der Waals surface area contributed by atoms with E-state index >= 15 is 0 Å². The van der Waals surface area contributed by atoms with Gasteiger partial charge in [-0.3, -0.25) is 9.59 Å². The third-order valence-corrected chi connectivity index (χ3v) is 5.68. The summed E-state index contributed by atoms with van der Waals surface area (Å²) in [7, 11) is 3.10. The van der Waals surface area contributed by atoms with Gasteiger partial charge in [-0.25, -0.2) is 4.98 Å². The van der Waals surface area contributed by atoms with Crippen LogP contribution in [0.25, 0.3) is 22.2 Å². The van der Waals surface area contributed by atoms with Gasteiger partial charge in [-0.1, -0.05) is 30.3 Å². The summed E-state index contributed by atoms with van der Waals surface area (Å²) in [4.78, 5) is 35.8. The van der Waals surface area contributed by atoms with Gasteiger partial charge >= 0.3 is 0 Å². The van der Waals surface area contributed by atoms with Crippen LogP contribution in [0.2, 0.25) is 0 Å². The average Bonchev–Trinajstić information content (AvgIpc) is 3.14. The first-order valence-electron chi connectivity index (χ1n) is 8.66. The highest BCUT2D eigenvalue weighted by Crippen LogP contribution is 2.42. The van der Waals surface area contributed by atoms with Crippen LogP contribution in [0.4, 0.5) is 0 Å². The molecule has 8 heteroatoms. The Labute approximate surface area is 179 Å². The Balaban J connectivity index is 2.07. The van der Waals surface area contributed by atoms with Crippen molar-refractivity contribution in [1.82, 2.24) is 15.0 Å². The number of aromatic amines is 2. The van der Waals surface area contributed by atoms with Gasteiger partial charge < -0.3 is 19.4 Å². The van der Waals surface area contributed by atoms with Crippen molar-refractivity contribution in [3.05, 3.63) is 74.0 Å². The summed E-state index contributed by atoms with van der Waals surface area (Å²) in [6, 6.07) is 12.4. The van der Waals surface area contributed by atoms with Crippen molar-refractivity contribution in [2.24, 2.45) is 0 Å². The summed E-state index contributed by atoms with van der Waals surface area (Å²) in [6.45, 7) is 0. The Bertz CT molecular complexity index is 1280. The summed E-state index contributed by atoms with van der Waals surface area (Å²) in [5.41, 5.74) is 1.96. The predicted octanol–water partition coefficient (Wildman–Crippen LogP) is 3.77. The van der Waals surface area contributed by atoms with Gasteiger partial charge in [0, 0.05) is 16.7 Å². The molecule has 0 aliphatic heterocycles. The zero-order chi connectivity index (χ0) is 20.5. The molecule has 0 fully saturated rings. The molecule has 4 rings (SSSR count). The maximum atomic E-state index is 13.3. The van der Waals surface area contributed by atoms with Crippen LogP contribution in [0.5, 0.6) is 11.5 Å². The zero-order valence-corrected chi connectivity index (χ0v) is 17.7. The lowest BCUT2D eigenvalue weighted by molar-refractivity contribution is 0.103. The molecule has 29 heavy (non-hydrogen) atoms. The minimum atomic E-state index is -0.334. The summed E-state index contributed by atoms with van der Waals surface area (Å²) < 4.78 is 11.6. The van der Waals surface area contributed by atoms with E-state index in [9.17, 15) is 9.59 Å². The maximum absolute atomic E-state index is 13.3. The number of halogens is 1. The van der Waals surface area contributed by atoms with Gasteiger partial charge in [-0.15, -0.1) is 0 Å². The third kappa shape index (κ3) is 3.19. The Kier molecular flexibility index (Phi) is 5.10. The van der Waals surface area contributed by atoms with Gasteiger partial charge in [0.05, 0.1) is 35.2 Å². The second kappa shape index (κ2) is 7.70. The van der Waals surface area contributed by atoms with E-state index in [0.717, 1.165) is 3.57 Å². The first-order chi connectivity index (χ1) is 14.1. The standard InChI is InChI=1S/C21H16IN3O4/c1-28-13-9-8-12(16(22)19(13)29-2)14-15-20(23-10-24-21(15)27)25-17(14)18(26)11-6-4-3-5-7-11/h3-10H,1-2H3,(H2,23,24,25,27). The van der Waals surface area contributed by atoms with Gasteiger partial charge in [0.15, 0.2) is 11.5 Å². The lowest BCUT2D eigenvalue weighted by Gasteiger charge is -2.14. The largest absolute Gasteiger partial charge is 0.493 e. The van der Waals surface area contributed by atoms with E-state index in [1.54, 1.807) is 50.6 Å². The van der Waals surface area contributed by atoms with Crippen LogP contribution in [-0.2, 0) is 0 Å². The van der Waals surface area contributed by atoms with Crippen LogP contribution in [0.15, 0.2) is 53.6 Å². The molecule has 7 nitrogen and oxygen atoms in total. The van der Waals surface area contributed by atoms with Crippen molar-refractivity contribution in [2.45, 2.75) is 0 Å². The highest BCUT2D eigenvalue weighted by molar-refractivity contribution is 14.1. The Morgan fingerprint density at radius 3 is 2.52 bits per heavy atom. The lowest BCUT2D eigenvalue weighted by atomic mass is 9.98. The molecule has 4 aromatic rings. The molecule has 146 valence electrons. The van der Waals surface area contributed by atoms with Gasteiger partial charge in [0.25, 0.3) is 5.56 Å². The number of ether oxygens (including phenoxy) is 2. The number of H-pyrrole nitrogens is 2. The average molecular weight is 501 g/mol. The van der Waals surface area contributed by atoms with Gasteiger partial charge in [-0.2, -0.15) is 0 Å². The number of hydrogen-bond donors (Lipinski definition) is 2. The number of methoxy groups -OCH3 is 2. The van der Waals surface area contributed by atoms with Crippen molar-refractivity contribution in [2.75, 3.05) is 14.2 Å². The molecule has 0 radical (unpaired) electrons. The molecule has 0 saturated carbocycles. The molecule has 0 aliphatic carbocycles. The number of ketones is 1. The Morgan fingerprint density at radius 2 is 1.83 bits per heavy atom. The maximum Gasteiger partial charge on any atom is 0.260 e. The summed E-state index contributed by atoms with van der Waals surface area (Å²) in [5.74, 6) is 0.852. The molecule has 2 aromatic carbocycles. The molecule has 0 amide bonds. The van der Waals surface area contributed by atoms with Crippen LogP contribution < -0.4 is 15.0 Å². The van der Waals surface area contributed by atoms with E-state index in [-0.39, 0.29) is 11.3 Å². The highest BCUT2D eigenvalue weighted by atomic mass is 127. The molecule has 0 aliphatic rings. The summed E-state index contributed by atoms with van der Waals surface area (Å²) in [5, 5.41) is 0.317. The van der Waals surface area contributed by atoms with Crippen molar-refractivity contribution < 1.29 is 14.3 Å². The number of nitrogens with zero attached hydrogens (tertiary/aromatic N) is 1. The lowest BCUT2D eigenvalue weighted by Crippen LogP contribution is -2.07. The van der Waals surface area contributed by atoms with E-state index in [4.69, 9.17) is 9.47 Å². The normalized spacial score (nSPS) is 10.9. The molecule has 0 saturated heterocycles. The third-order valence-electron chi connectivity index (χ3n) is 4.61. The van der Waals surface area contributed by atoms with Crippen LogP contribution in [-0.4, -0.2) is 35.0 Å². The second-order valence-corrected chi connectivity index (χ2v) is 7.27. The Hall–Kier alpha value is -3.14. The molecule has 2 heterocycles. The molecule has 2 N–H and O–H groups in total. The first kappa shape index (κ1) is 19.2. The fraction of sp³-hybridized carbons (Fsp3) is 0.0952. The van der Waals surface area contributed by atoms with E-state index in [0.29, 0.717) is 44.9 Å². The molecular formula is C21H16IN3O4. The fourth-order valence-electron chi connectivity index (χ4n) is 3.29. The minimum absolute atomic E-state index is 0.233. The number of benzene rings is 2. The number of hydrogen-bond acceptors (Lipinski definition) is 5. The van der Waals surface area contributed by atoms with E-state index < -0.39 is 0 Å². The minimum Gasteiger partial charge on any atom is -0.493 e. The van der Waals surface area contributed by atoms with Crippen molar-refractivity contribution in [3.63, 3.8) is 0 Å². The number of nitrogens with one attached hydrogen (secondary N) is 2. The zero-order valence-electron chi connectivity index (χ0n) is 15.6. The molecular weight excluding hydrogens is 485 g/mol. The Morgan fingerprint density at radius 1 is 1.07 bits per heavy atom. The molecule has 0 unspecified atom stereocenters. The predicted molar refractivity (Wildman–Crippen MR) is 118 cm³/mol. The van der Waals surface area contributed by atoms with Crippen molar-refractivity contribution in [3.8, 4) is 22.6 Å². The monoisotopic (exact) mass is 501 g/mol. The van der Waals surface area contributed by atoms with Crippen LogP contribution in [0.1, 0.15) is 16.1 Å². The SMILES string of the molecule is COc1ccc(-c2c(C(=O)c3ccccc3)[nH]c3nc[nH]c(=O)c23)c(I)c1OC. The van der Waals surface area contributed by atoms with Crippen molar-refractivity contribution in [1.29, 1.82) is 0 Å².